The molecule has 2 aromatic rings. The quantitative estimate of drug-likeness (QED) is 0.786. The fourth-order valence-corrected chi connectivity index (χ4v) is 1.66. The van der Waals surface area contributed by atoms with Gasteiger partial charge in [0.25, 0.3) is 0 Å². The second-order valence-electron chi connectivity index (χ2n) is 4.19. The van der Waals surface area contributed by atoms with Gasteiger partial charge in [0.2, 0.25) is 0 Å². The van der Waals surface area contributed by atoms with E-state index in [0.29, 0.717) is 12.4 Å². The number of hydrogen-bond donors (Lipinski definition) is 1. The van der Waals surface area contributed by atoms with E-state index in [2.05, 4.69) is 10.2 Å². The molecule has 0 unspecified atom stereocenters. The molecule has 0 radical (unpaired) electrons. The summed E-state index contributed by atoms with van der Waals surface area (Å²) in [4.78, 5) is 0. The topological polar surface area (TPSA) is 63.4 Å². The van der Waals surface area contributed by atoms with E-state index in [1.54, 1.807) is 12.1 Å². The molecule has 110 valence electrons. The fraction of sp³-hybridized carbons (Fsp3) is 0.250. The van der Waals surface area contributed by atoms with Gasteiger partial charge in [-0.25, -0.2) is 0 Å². The predicted molar refractivity (Wildman–Crippen MR) is 80.8 cm³/mol. The van der Waals surface area contributed by atoms with Crippen LogP contribution in [0, 0.1) is 0 Å². The predicted octanol–water partition coefficient (Wildman–Crippen LogP) is 3.87. The van der Waals surface area contributed by atoms with Crippen molar-refractivity contribution in [3.8, 4) is 11.5 Å². The van der Waals surface area contributed by atoms with Crippen LogP contribution in [0.5, 0.6) is 11.5 Å². The molecule has 5 nitrogen and oxygen atoms in total. The van der Waals surface area contributed by atoms with Gasteiger partial charge < -0.3 is 14.6 Å². The maximum atomic E-state index is 8.68. The zero-order valence-corrected chi connectivity index (χ0v) is 11.9. The minimum Gasteiger partial charge on any atom is -0.494 e. The van der Waals surface area contributed by atoms with Gasteiger partial charge in [-0.3, -0.25) is 0 Å². The van der Waals surface area contributed by atoms with Crippen molar-refractivity contribution < 1.29 is 14.6 Å². The summed E-state index contributed by atoms with van der Waals surface area (Å²) >= 11 is 0. The first-order valence-corrected chi connectivity index (χ1v) is 6.80. The average Bonchev–Trinajstić information content (AvgIpc) is 2.53. The Balaban J connectivity index is 1.96. The third-order valence-electron chi connectivity index (χ3n) is 2.63. The van der Waals surface area contributed by atoms with Gasteiger partial charge in [-0.15, -0.1) is 0 Å². The van der Waals surface area contributed by atoms with Gasteiger partial charge >= 0.3 is 0 Å². The Bertz CT molecular complexity index is 565. The average molecular weight is 286 g/mol. The number of ether oxygens (including phenoxy) is 2. The molecular weight excluding hydrogens is 268 g/mol. The summed E-state index contributed by atoms with van der Waals surface area (Å²) in [5.74, 6) is 1.52. The SMILES string of the molecule is CCOc1ccc(N=Nc2ccc(OCCO)cc2)cc1. The van der Waals surface area contributed by atoms with E-state index in [1.807, 2.05) is 43.3 Å². The van der Waals surface area contributed by atoms with E-state index < -0.39 is 0 Å². The number of aliphatic hydroxyl groups is 1. The monoisotopic (exact) mass is 286 g/mol. The molecule has 1 N–H and O–H groups in total. The van der Waals surface area contributed by atoms with Crippen LogP contribution in [0.4, 0.5) is 11.4 Å². The number of benzene rings is 2. The van der Waals surface area contributed by atoms with E-state index in [1.165, 1.54) is 0 Å². The van der Waals surface area contributed by atoms with Crippen molar-refractivity contribution in [2.75, 3.05) is 19.8 Å². The van der Waals surface area contributed by atoms with E-state index in [9.17, 15) is 0 Å². The Morgan fingerprint density at radius 2 is 1.29 bits per heavy atom. The Labute approximate surface area is 123 Å². The first kappa shape index (κ1) is 15.0. The Hall–Kier alpha value is -2.40. The highest BCUT2D eigenvalue weighted by atomic mass is 16.5. The molecule has 2 aromatic carbocycles. The first-order chi connectivity index (χ1) is 10.3. The Kier molecular flexibility index (Phi) is 5.72. The number of aliphatic hydroxyl groups excluding tert-OH is 1. The lowest BCUT2D eigenvalue weighted by Gasteiger charge is -2.03. The molecule has 0 aliphatic rings. The number of rotatable bonds is 7. The van der Waals surface area contributed by atoms with Gasteiger partial charge in [-0.1, -0.05) is 0 Å². The van der Waals surface area contributed by atoms with Crippen LogP contribution in [0.3, 0.4) is 0 Å². The molecule has 5 heteroatoms. The highest BCUT2D eigenvalue weighted by Crippen LogP contribution is 2.22. The highest BCUT2D eigenvalue weighted by molar-refractivity contribution is 5.44. The van der Waals surface area contributed by atoms with Crippen LogP contribution in [0.25, 0.3) is 0 Å². The summed E-state index contributed by atoms with van der Waals surface area (Å²) in [6, 6.07) is 14.6. The minimum atomic E-state index is -0.000793. The van der Waals surface area contributed by atoms with Gasteiger partial charge in [0.1, 0.15) is 18.1 Å². The van der Waals surface area contributed by atoms with Crippen LogP contribution in [-0.2, 0) is 0 Å². The second kappa shape index (κ2) is 8.01. The van der Waals surface area contributed by atoms with Crippen LogP contribution in [0.1, 0.15) is 6.92 Å². The lowest BCUT2D eigenvalue weighted by molar-refractivity contribution is 0.201. The molecule has 0 saturated carbocycles. The van der Waals surface area contributed by atoms with Crippen LogP contribution < -0.4 is 9.47 Å². The van der Waals surface area contributed by atoms with Crippen LogP contribution >= 0.6 is 0 Å². The minimum absolute atomic E-state index is 0.000793. The fourth-order valence-electron chi connectivity index (χ4n) is 1.66. The summed E-state index contributed by atoms with van der Waals surface area (Å²) in [7, 11) is 0. The zero-order valence-electron chi connectivity index (χ0n) is 11.9. The van der Waals surface area contributed by atoms with Gasteiger partial charge in [0.05, 0.1) is 24.6 Å². The maximum Gasteiger partial charge on any atom is 0.119 e. The molecule has 0 atom stereocenters. The molecule has 0 bridgehead atoms. The van der Waals surface area contributed by atoms with E-state index in [4.69, 9.17) is 14.6 Å². The number of azo groups is 1. The smallest absolute Gasteiger partial charge is 0.119 e. The van der Waals surface area contributed by atoms with Gasteiger partial charge in [0.15, 0.2) is 0 Å². The largest absolute Gasteiger partial charge is 0.494 e. The summed E-state index contributed by atoms with van der Waals surface area (Å²) in [5, 5.41) is 17.0. The summed E-state index contributed by atoms with van der Waals surface area (Å²) < 4.78 is 10.6. The molecular formula is C16H18N2O3. The third kappa shape index (κ3) is 4.89. The standard InChI is InChI=1S/C16H18N2O3/c1-2-20-15-7-3-13(4-8-15)17-18-14-5-9-16(10-6-14)21-12-11-19/h3-10,19H,2,11-12H2,1H3. The molecule has 21 heavy (non-hydrogen) atoms. The molecule has 0 spiro atoms. The molecule has 0 aliphatic heterocycles. The molecule has 0 saturated heterocycles. The highest BCUT2D eigenvalue weighted by Gasteiger charge is 1.95. The maximum absolute atomic E-state index is 8.68. The van der Waals surface area contributed by atoms with Crippen LogP contribution in [0.2, 0.25) is 0 Å². The summed E-state index contributed by atoms with van der Waals surface area (Å²) in [6.07, 6.45) is 0. The van der Waals surface area contributed by atoms with E-state index >= 15 is 0 Å². The lowest BCUT2D eigenvalue weighted by Crippen LogP contribution is -2.00. The van der Waals surface area contributed by atoms with Crippen molar-refractivity contribution in [3.05, 3.63) is 48.5 Å². The van der Waals surface area contributed by atoms with Crippen molar-refractivity contribution in [1.82, 2.24) is 0 Å². The molecule has 0 fully saturated rings. The molecule has 0 aromatic heterocycles. The van der Waals surface area contributed by atoms with Crippen molar-refractivity contribution in [1.29, 1.82) is 0 Å². The molecule has 2 rings (SSSR count). The normalized spacial score (nSPS) is 10.8. The molecule has 0 heterocycles. The van der Waals surface area contributed by atoms with Crippen molar-refractivity contribution in [2.45, 2.75) is 6.92 Å². The van der Waals surface area contributed by atoms with Crippen LogP contribution in [-0.4, -0.2) is 24.9 Å². The zero-order chi connectivity index (χ0) is 14.9. The number of nitrogens with zero attached hydrogens (tertiary/aromatic N) is 2. The first-order valence-electron chi connectivity index (χ1n) is 6.80. The molecule has 0 amide bonds. The third-order valence-corrected chi connectivity index (χ3v) is 2.63. The van der Waals surface area contributed by atoms with Gasteiger partial charge in [-0.2, -0.15) is 10.2 Å². The number of hydrogen-bond acceptors (Lipinski definition) is 5. The van der Waals surface area contributed by atoms with Crippen molar-refractivity contribution >= 4 is 11.4 Å². The van der Waals surface area contributed by atoms with Crippen molar-refractivity contribution in [3.63, 3.8) is 0 Å². The summed E-state index contributed by atoms with van der Waals surface area (Å²) in [5.41, 5.74) is 1.50. The summed E-state index contributed by atoms with van der Waals surface area (Å²) in [6.45, 7) is 2.87. The Morgan fingerprint density at radius 3 is 1.71 bits per heavy atom. The second-order valence-corrected chi connectivity index (χ2v) is 4.19. The van der Waals surface area contributed by atoms with E-state index in [-0.39, 0.29) is 13.2 Å². The van der Waals surface area contributed by atoms with Crippen molar-refractivity contribution in [2.24, 2.45) is 10.2 Å². The lowest BCUT2D eigenvalue weighted by atomic mass is 10.3. The van der Waals surface area contributed by atoms with Gasteiger partial charge in [-0.05, 0) is 55.5 Å². The van der Waals surface area contributed by atoms with Gasteiger partial charge in [0, 0.05) is 0 Å². The molecule has 0 aliphatic carbocycles. The Morgan fingerprint density at radius 1 is 0.810 bits per heavy atom. The van der Waals surface area contributed by atoms with E-state index in [0.717, 1.165) is 17.1 Å². The van der Waals surface area contributed by atoms with Crippen LogP contribution in [0.15, 0.2) is 58.8 Å².